The normalized spacial score (nSPS) is 11.7. The van der Waals surface area contributed by atoms with E-state index in [0.717, 1.165) is 6.20 Å². The fourth-order valence-electron chi connectivity index (χ4n) is 0.989. The molecule has 0 aliphatic carbocycles. The summed E-state index contributed by atoms with van der Waals surface area (Å²) in [5, 5.41) is 8.67. The number of rotatable bonds is 4. The van der Waals surface area contributed by atoms with Crippen LogP contribution in [0.3, 0.4) is 0 Å². The second kappa shape index (κ2) is 4.77. The van der Waals surface area contributed by atoms with Crippen molar-refractivity contribution in [1.29, 1.82) is 0 Å². The van der Waals surface area contributed by atoms with Crippen LogP contribution < -0.4 is 0 Å². The maximum Gasteiger partial charge on any atom is 0.318 e. The van der Waals surface area contributed by atoms with Gasteiger partial charge in [-0.25, -0.2) is 8.42 Å². The number of pyridine rings is 1. The number of halogens is 1. The van der Waals surface area contributed by atoms with Gasteiger partial charge in [0.15, 0.2) is 0 Å². The van der Waals surface area contributed by atoms with Crippen LogP contribution in [0.4, 0.5) is 0 Å². The molecule has 0 fully saturated rings. The van der Waals surface area contributed by atoms with Gasteiger partial charge >= 0.3 is 5.97 Å². The standard InChI is InChI=1S/C8H9ClN2O4S/c1-11(5-8(12)13)16(14,15)7-2-6(9)3-10-4-7/h2-4H,5H2,1H3,(H,12,13). The van der Waals surface area contributed by atoms with Crippen molar-refractivity contribution < 1.29 is 18.3 Å². The van der Waals surface area contributed by atoms with E-state index < -0.39 is 22.5 Å². The first kappa shape index (κ1) is 12.9. The van der Waals surface area contributed by atoms with Crippen LogP contribution in [0.5, 0.6) is 0 Å². The van der Waals surface area contributed by atoms with Crippen molar-refractivity contribution in [2.45, 2.75) is 4.90 Å². The van der Waals surface area contributed by atoms with Crippen LogP contribution in [0.1, 0.15) is 0 Å². The predicted molar refractivity (Wildman–Crippen MR) is 56.7 cm³/mol. The number of carbonyl (C=O) groups is 1. The van der Waals surface area contributed by atoms with Gasteiger partial charge in [-0.3, -0.25) is 9.78 Å². The summed E-state index contributed by atoms with van der Waals surface area (Å²) in [6.07, 6.45) is 2.40. The first-order chi connectivity index (χ1) is 7.34. The molecule has 0 aliphatic heterocycles. The third-order valence-corrected chi connectivity index (χ3v) is 3.72. The highest BCUT2D eigenvalue weighted by Gasteiger charge is 2.23. The summed E-state index contributed by atoms with van der Waals surface area (Å²) < 4.78 is 24.3. The van der Waals surface area contributed by atoms with Crippen molar-refractivity contribution in [3.8, 4) is 0 Å². The van der Waals surface area contributed by atoms with Gasteiger partial charge in [-0.2, -0.15) is 4.31 Å². The minimum absolute atomic E-state index is 0.135. The average molecular weight is 265 g/mol. The van der Waals surface area contributed by atoms with Crippen molar-refractivity contribution in [3.05, 3.63) is 23.5 Å². The highest BCUT2D eigenvalue weighted by molar-refractivity contribution is 7.89. The van der Waals surface area contributed by atoms with Crippen LogP contribution in [0.2, 0.25) is 5.02 Å². The van der Waals surface area contributed by atoms with Gasteiger partial charge in [0.05, 0.1) is 5.02 Å². The second-order valence-corrected chi connectivity index (χ2v) is 5.48. The Kier molecular flexibility index (Phi) is 3.84. The molecule has 1 aromatic rings. The zero-order valence-corrected chi connectivity index (χ0v) is 9.86. The molecule has 0 saturated carbocycles. The van der Waals surface area contributed by atoms with Crippen LogP contribution in [-0.2, 0) is 14.8 Å². The first-order valence-corrected chi connectivity index (χ1v) is 5.94. The topological polar surface area (TPSA) is 87.6 Å². The van der Waals surface area contributed by atoms with Crippen LogP contribution in [0, 0.1) is 0 Å². The summed E-state index contributed by atoms with van der Waals surface area (Å²) in [4.78, 5) is 13.9. The van der Waals surface area contributed by atoms with E-state index in [1.165, 1.54) is 19.3 Å². The Hall–Kier alpha value is -1.18. The molecule has 0 atom stereocenters. The van der Waals surface area contributed by atoms with Gasteiger partial charge in [0.25, 0.3) is 0 Å². The van der Waals surface area contributed by atoms with E-state index in [1.54, 1.807) is 0 Å². The van der Waals surface area contributed by atoms with Gasteiger partial charge in [-0.05, 0) is 6.07 Å². The molecule has 1 heterocycles. The number of likely N-dealkylation sites (N-methyl/N-ethyl adjacent to an activating group) is 1. The fourth-order valence-corrected chi connectivity index (χ4v) is 2.34. The number of aromatic nitrogens is 1. The van der Waals surface area contributed by atoms with E-state index in [2.05, 4.69) is 4.98 Å². The SMILES string of the molecule is CN(CC(=O)O)S(=O)(=O)c1cncc(Cl)c1. The smallest absolute Gasteiger partial charge is 0.318 e. The summed E-state index contributed by atoms with van der Waals surface area (Å²) in [6.45, 7) is -0.616. The molecule has 0 unspecified atom stereocenters. The summed E-state index contributed by atoms with van der Waals surface area (Å²) in [7, 11) is -2.68. The third kappa shape index (κ3) is 2.91. The number of carboxylic acid groups (broad SMARTS) is 1. The van der Waals surface area contributed by atoms with Crippen LogP contribution in [0.25, 0.3) is 0 Å². The van der Waals surface area contributed by atoms with Gasteiger partial charge in [0, 0.05) is 19.4 Å². The van der Waals surface area contributed by atoms with Crippen molar-refractivity contribution in [1.82, 2.24) is 9.29 Å². The number of sulfonamides is 1. The lowest BCUT2D eigenvalue weighted by Gasteiger charge is -2.14. The highest BCUT2D eigenvalue weighted by Crippen LogP contribution is 2.16. The Bertz CT molecular complexity index is 503. The maximum atomic E-state index is 11.8. The molecule has 1 N–H and O–H groups in total. The Morgan fingerprint density at radius 2 is 2.19 bits per heavy atom. The minimum atomic E-state index is -3.85. The lowest BCUT2D eigenvalue weighted by Crippen LogP contribution is -2.32. The zero-order valence-electron chi connectivity index (χ0n) is 8.29. The second-order valence-electron chi connectivity index (χ2n) is 2.99. The Morgan fingerprint density at radius 3 is 2.69 bits per heavy atom. The quantitative estimate of drug-likeness (QED) is 0.853. The van der Waals surface area contributed by atoms with Gasteiger partial charge in [-0.15, -0.1) is 0 Å². The maximum absolute atomic E-state index is 11.8. The van der Waals surface area contributed by atoms with Crippen molar-refractivity contribution in [3.63, 3.8) is 0 Å². The van der Waals surface area contributed by atoms with E-state index in [-0.39, 0.29) is 9.92 Å². The Balaban J connectivity index is 3.07. The summed E-state index contributed by atoms with van der Waals surface area (Å²) in [6, 6.07) is 1.21. The van der Waals surface area contributed by atoms with E-state index >= 15 is 0 Å². The molecule has 8 heteroatoms. The zero-order chi connectivity index (χ0) is 12.3. The Morgan fingerprint density at radius 1 is 1.56 bits per heavy atom. The summed E-state index contributed by atoms with van der Waals surface area (Å²) in [5.41, 5.74) is 0. The molecular formula is C8H9ClN2O4S. The van der Waals surface area contributed by atoms with E-state index in [0.29, 0.717) is 4.31 Å². The van der Waals surface area contributed by atoms with Crippen molar-refractivity contribution >= 4 is 27.6 Å². The van der Waals surface area contributed by atoms with Crippen LogP contribution in [-0.4, -0.2) is 42.4 Å². The number of hydrogen-bond acceptors (Lipinski definition) is 4. The van der Waals surface area contributed by atoms with E-state index in [1.807, 2.05) is 0 Å². The minimum Gasteiger partial charge on any atom is -0.480 e. The van der Waals surface area contributed by atoms with E-state index in [4.69, 9.17) is 16.7 Å². The van der Waals surface area contributed by atoms with Gasteiger partial charge in [0.2, 0.25) is 10.0 Å². The van der Waals surface area contributed by atoms with Crippen molar-refractivity contribution in [2.75, 3.05) is 13.6 Å². The number of nitrogens with zero attached hydrogens (tertiary/aromatic N) is 2. The lowest BCUT2D eigenvalue weighted by molar-refractivity contribution is -0.137. The molecule has 0 amide bonds. The highest BCUT2D eigenvalue weighted by atomic mass is 35.5. The van der Waals surface area contributed by atoms with Crippen LogP contribution in [0.15, 0.2) is 23.4 Å². The monoisotopic (exact) mass is 264 g/mol. The molecular weight excluding hydrogens is 256 g/mol. The number of carboxylic acids is 1. The number of hydrogen-bond donors (Lipinski definition) is 1. The molecule has 6 nitrogen and oxygen atoms in total. The van der Waals surface area contributed by atoms with Gasteiger partial charge in [0.1, 0.15) is 11.4 Å². The molecule has 0 saturated heterocycles. The molecule has 0 radical (unpaired) electrons. The molecule has 0 spiro atoms. The summed E-state index contributed by atoms with van der Waals surface area (Å²) >= 11 is 5.60. The van der Waals surface area contributed by atoms with Gasteiger partial charge in [-0.1, -0.05) is 11.6 Å². The molecule has 0 aliphatic rings. The fraction of sp³-hybridized carbons (Fsp3) is 0.250. The largest absolute Gasteiger partial charge is 0.480 e. The van der Waals surface area contributed by atoms with E-state index in [9.17, 15) is 13.2 Å². The third-order valence-electron chi connectivity index (χ3n) is 1.75. The molecule has 16 heavy (non-hydrogen) atoms. The van der Waals surface area contributed by atoms with Crippen LogP contribution >= 0.6 is 11.6 Å². The van der Waals surface area contributed by atoms with Gasteiger partial charge < -0.3 is 5.11 Å². The summed E-state index contributed by atoms with van der Waals surface area (Å²) in [5.74, 6) is -1.24. The van der Waals surface area contributed by atoms with Crippen molar-refractivity contribution in [2.24, 2.45) is 0 Å². The predicted octanol–water partition coefficient (Wildman–Crippen LogP) is 0.440. The molecule has 1 aromatic heterocycles. The average Bonchev–Trinajstić information content (AvgIpc) is 2.16. The molecule has 0 bridgehead atoms. The Labute approximate surface area is 97.5 Å². The molecule has 1 rings (SSSR count). The first-order valence-electron chi connectivity index (χ1n) is 4.12. The molecule has 0 aromatic carbocycles. The molecule has 88 valence electrons. The lowest BCUT2D eigenvalue weighted by atomic mass is 10.5. The number of aliphatic carboxylic acids is 1.